The molecule has 0 radical (unpaired) electrons. The molecule has 1 aromatic heterocycles. The highest BCUT2D eigenvalue weighted by molar-refractivity contribution is 5.57. The summed E-state index contributed by atoms with van der Waals surface area (Å²) in [5.41, 5.74) is 8.83. The maximum absolute atomic E-state index is 9.10. The minimum Gasteiger partial charge on any atom is -0.383 e. The van der Waals surface area contributed by atoms with Crippen molar-refractivity contribution in [2.75, 3.05) is 5.73 Å². The molecule has 0 spiro atoms. The number of pyridine rings is 1. The Labute approximate surface area is 88.9 Å². The number of aromatic nitrogens is 1. The van der Waals surface area contributed by atoms with E-state index in [1.807, 2.05) is 6.20 Å². The summed E-state index contributed by atoms with van der Waals surface area (Å²) in [5.74, 6) is 1.81. The van der Waals surface area contributed by atoms with Gasteiger partial charge in [0.15, 0.2) is 0 Å². The molecule has 2 aliphatic rings. The number of nitriles is 1. The lowest BCUT2D eigenvalue weighted by Crippen LogP contribution is -2.14. The summed E-state index contributed by atoms with van der Waals surface area (Å²) in [6.07, 6.45) is 6.75. The fourth-order valence-electron chi connectivity index (χ4n) is 3.11. The first-order chi connectivity index (χ1) is 7.29. The summed E-state index contributed by atoms with van der Waals surface area (Å²) in [4.78, 5) is 4.14. The zero-order valence-electron chi connectivity index (χ0n) is 8.53. The van der Waals surface area contributed by atoms with E-state index in [1.165, 1.54) is 30.4 Å². The van der Waals surface area contributed by atoms with Gasteiger partial charge in [-0.2, -0.15) is 5.26 Å². The van der Waals surface area contributed by atoms with Crippen molar-refractivity contribution in [3.63, 3.8) is 0 Å². The highest BCUT2D eigenvalue weighted by atomic mass is 14.8. The Morgan fingerprint density at radius 1 is 1.47 bits per heavy atom. The van der Waals surface area contributed by atoms with Crippen LogP contribution in [-0.4, -0.2) is 4.98 Å². The van der Waals surface area contributed by atoms with Crippen molar-refractivity contribution < 1.29 is 0 Å². The average molecular weight is 199 g/mol. The summed E-state index contributed by atoms with van der Waals surface area (Å²) in [6, 6.07) is 2.20. The molecule has 0 saturated heterocycles. The van der Waals surface area contributed by atoms with Gasteiger partial charge in [0, 0.05) is 6.20 Å². The second-order valence-electron chi connectivity index (χ2n) is 4.64. The highest BCUT2D eigenvalue weighted by Crippen LogP contribution is 2.46. The molecular weight excluding hydrogens is 186 g/mol. The van der Waals surface area contributed by atoms with E-state index < -0.39 is 0 Å². The van der Waals surface area contributed by atoms with Crippen molar-refractivity contribution in [3.8, 4) is 6.07 Å². The Balaban J connectivity index is 2.21. The van der Waals surface area contributed by atoms with E-state index in [0.29, 0.717) is 17.3 Å². The van der Waals surface area contributed by atoms with Crippen LogP contribution in [0.4, 0.5) is 5.82 Å². The van der Waals surface area contributed by atoms with Crippen LogP contribution in [0.25, 0.3) is 0 Å². The molecule has 3 nitrogen and oxygen atoms in total. The van der Waals surface area contributed by atoms with Crippen LogP contribution in [0, 0.1) is 17.2 Å². The zero-order chi connectivity index (χ0) is 10.4. The van der Waals surface area contributed by atoms with Crippen molar-refractivity contribution >= 4 is 5.82 Å². The van der Waals surface area contributed by atoms with Crippen LogP contribution in [-0.2, 0) is 6.42 Å². The van der Waals surface area contributed by atoms with Crippen LogP contribution in [0.15, 0.2) is 6.20 Å². The molecule has 15 heavy (non-hydrogen) atoms. The zero-order valence-corrected chi connectivity index (χ0v) is 8.53. The second-order valence-corrected chi connectivity index (χ2v) is 4.64. The molecule has 2 aliphatic carbocycles. The van der Waals surface area contributed by atoms with Gasteiger partial charge in [-0.15, -0.1) is 0 Å². The Hall–Kier alpha value is -1.56. The molecule has 3 rings (SSSR count). The number of nitrogens with two attached hydrogens (primary N) is 1. The van der Waals surface area contributed by atoms with E-state index >= 15 is 0 Å². The number of hydrogen-bond donors (Lipinski definition) is 1. The van der Waals surface area contributed by atoms with Crippen LogP contribution in [0.1, 0.15) is 41.9 Å². The van der Waals surface area contributed by atoms with Gasteiger partial charge >= 0.3 is 0 Å². The number of fused-ring (bicyclic) bond motifs is 4. The van der Waals surface area contributed by atoms with Crippen LogP contribution in [0.2, 0.25) is 0 Å². The number of nitrogens with zero attached hydrogens (tertiary/aromatic N) is 2. The molecular formula is C12H13N3. The van der Waals surface area contributed by atoms with Gasteiger partial charge in [0.25, 0.3) is 0 Å². The lowest BCUT2D eigenvalue weighted by Gasteiger charge is -2.23. The molecule has 3 heteroatoms. The third-order valence-corrected chi connectivity index (χ3v) is 3.83. The van der Waals surface area contributed by atoms with Gasteiger partial charge in [0.2, 0.25) is 0 Å². The SMILES string of the molecule is N#Cc1c(N)ncc2c1CC1CCC2C1. The predicted octanol–water partition coefficient (Wildman–Crippen LogP) is 1.98. The fourth-order valence-corrected chi connectivity index (χ4v) is 3.11. The van der Waals surface area contributed by atoms with Gasteiger partial charge < -0.3 is 5.73 Å². The Bertz CT molecular complexity index is 459. The third-order valence-electron chi connectivity index (χ3n) is 3.83. The van der Waals surface area contributed by atoms with Crippen molar-refractivity contribution in [3.05, 3.63) is 22.9 Å². The van der Waals surface area contributed by atoms with Crippen LogP contribution < -0.4 is 5.73 Å². The van der Waals surface area contributed by atoms with E-state index in [4.69, 9.17) is 11.0 Å². The van der Waals surface area contributed by atoms with Crippen molar-refractivity contribution in [1.82, 2.24) is 4.98 Å². The quantitative estimate of drug-likeness (QED) is 0.694. The summed E-state index contributed by atoms with van der Waals surface area (Å²) in [6.45, 7) is 0. The molecule has 1 saturated carbocycles. The van der Waals surface area contributed by atoms with Gasteiger partial charge in [-0.3, -0.25) is 0 Å². The van der Waals surface area contributed by atoms with Crippen molar-refractivity contribution in [1.29, 1.82) is 5.26 Å². The average Bonchev–Trinajstić information content (AvgIpc) is 2.61. The summed E-state index contributed by atoms with van der Waals surface area (Å²) in [7, 11) is 0. The first-order valence-corrected chi connectivity index (χ1v) is 5.47. The first kappa shape index (κ1) is 8.72. The molecule has 0 aliphatic heterocycles. The molecule has 2 unspecified atom stereocenters. The van der Waals surface area contributed by atoms with Gasteiger partial charge in [-0.25, -0.2) is 4.98 Å². The van der Waals surface area contributed by atoms with Gasteiger partial charge in [0.1, 0.15) is 11.9 Å². The van der Waals surface area contributed by atoms with Crippen molar-refractivity contribution in [2.45, 2.75) is 31.6 Å². The minimum absolute atomic E-state index is 0.401. The van der Waals surface area contributed by atoms with Gasteiger partial charge in [-0.05, 0) is 48.6 Å². The van der Waals surface area contributed by atoms with E-state index in [-0.39, 0.29) is 0 Å². The standard InChI is InChI=1S/C12H13N3/c13-5-10-9-4-7-1-2-8(3-7)11(9)6-15-12(10)14/h6-8H,1-4H2,(H2,14,15). The van der Waals surface area contributed by atoms with Gasteiger partial charge in [0.05, 0.1) is 5.56 Å². The van der Waals surface area contributed by atoms with Crippen LogP contribution in [0.5, 0.6) is 0 Å². The summed E-state index contributed by atoms with van der Waals surface area (Å²) in [5, 5.41) is 9.10. The predicted molar refractivity (Wildman–Crippen MR) is 57.2 cm³/mol. The highest BCUT2D eigenvalue weighted by Gasteiger charge is 2.34. The molecule has 2 bridgehead atoms. The van der Waals surface area contributed by atoms with Crippen LogP contribution >= 0.6 is 0 Å². The largest absolute Gasteiger partial charge is 0.383 e. The first-order valence-electron chi connectivity index (χ1n) is 5.47. The smallest absolute Gasteiger partial charge is 0.141 e. The maximum atomic E-state index is 9.10. The van der Waals surface area contributed by atoms with E-state index in [9.17, 15) is 0 Å². The number of hydrogen-bond acceptors (Lipinski definition) is 3. The molecule has 2 N–H and O–H groups in total. The minimum atomic E-state index is 0.401. The maximum Gasteiger partial charge on any atom is 0.141 e. The summed E-state index contributed by atoms with van der Waals surface area (Å²) < 4.78 is 0. The number of anilines is 1. The lowest BCUT2D eigenvalue weighted by atomic mass is 9.82. The van der Waals surface area contributed by atoms with E-state index in [2.05, 4.69) is 11.1 Å². The normalized spacial score (nSPS) is 27.1. The van der Waals surface area contributed by atoms with Crippen LogP contribution in [0.3, 0.4) is 0 Å². The second kappa shape index (κ2) is 2.96. The third kappa shape index (κ3) is 1.14. The molecule has 1 aromatic rings. The summed E-state index contributed by atoms with van der Waals surface area (Å²) >= 11 is 0. The molecule has 76 valence electrons. The Morgan fingerprint density at radius 2 is 2.33 bits per heavy atom. The van der Waals surface area contributed by atoms with Gasteiger partial charge in [-0.1, -0.05) is 0 Å². The molecule has 0 aromatic carbocycles. The van der Waals surface area contributed by atoms with Crippen molar-refractivity contribution in [2.24, 2.45) is 5.92 Å². The molecule has 1 fully saturated rings. The molecule has 2 atom stereocenters. The number of rotatable bonds is 0. The fraction of sp³-hybridized carbons (Fsp3) is 0.500. The lowest BCUT2D eigenvalue weighted by molar-refractivity contribution is 0.508. The molecule has 0 amide bonds. The van der Waals surface area contributed by atoms with E-state index in [0.717, 1.165) is 12.3 Å². The Kier molecular flexibility index (Phi) is 1.72. The molecule has 1 heterocycles. The topological polar surface area (TPSA) is 62.7 Å². The number of nitrogen functional groups attached to an aromatic ring is 1. The Morgan fingerprint density at radius 3 is 3.13 bits per heavy atom. The monoisotopic (exact) mass is 199 g/mol. The van der Waals surface area contributed by atoms with E-state index in [1.54, 1.807) is 0 Å².